The van der Waals surface area contributed by atoms with Crippen molar-refractivity contribution >= 4 is 19.8 Å². The smallest absolute Gasteiger partial charge is 0.462 e. The van der Waals surface area contributed by atoms with Gasteiger partial charge >= 0.3 is 19.8 Å². The molecule has 0 saturated carbocycles. The highest BCUT2D eigenvalue weighted by atomic mass is 31.2. The molecule has 2 unspecified atom stereocenters. The Balaban J connectivity index is 4.19. The Morgan fingerprint density at radius 1 is 0.395 bits per heavy atom. The van der Waals surface area contributed by atoms with Crippen molar-refractivity contribution in [2.45, 2.75) is 245 Å². The zero-order valence-electron chi connectivity index (χ0n) is 52.2. The fourth-order valence-electron chi connectivity index (χ4n) is 8.19. The van der Waals surface area contributed by atoms with Crippen LogP contribution in [0.1, 0.15) is 239 Å². The Morgan fingerprint density at radius 2 is 0.704 bits per heavy atom. The van der Waals surface area contributed by atoms with Crippen LogP contribution in [0.3, 0.4) is 0 Å². The van der Waals surface area contributed by atoms with Crippen molar-refractivity contribution in [3.63, 3.8) is 0 Å². The van der Waals surface area contributed by atoms with Crippen LogP contribution in [0.4, 0.5) is 0 Å². The second kappa shape index (κ2) is 60.5. The minimum atomic E-state index is -4.40. The van der Waals surface area contributed by atoms with Gasteiger partial charge in [-0.3, -0.25) is 18.6 Å². The van der Waals surface area contributed by atoms with E-state index in [0.717, 1.165) is 135 Å². The van der Waals surface area contributed by atoms with Crippen LogP contribution in [0.15, 0.2) is 146 Å². The number of carbonyl (C=O) groups excluding carboxylic acids is 2. The van der Waals surface area contributed by atoms with Crippen LogP contribution in [0.25, 0.3) is 0 Å². The van der Waals surface area contributed by atoms with E-state index in [1.165, 1.54) is 70.6 Å². The molecule has 1 N–H and O–H groups in total. The van der Waals surface area contributed by atoms with E-state index in [0.29, 0.717) is 17.4 Å². The molecule has 0 rings (SSSR count). The van der Waals surface area contributed by atoms with Crippen LogP contribution in [-0.4, -0.2) is 74.9 Å². The number of quaternary nitrogens is 1. The number of rotatable bonds is 57. The van der Waals surface area contributed by atoms with Gasteiger partial charge in [-0.05, 0) is 122 Å². The van der Waals surface area contributed by atoms with Crippen molar-refractivity contribution in [2.24, 2.45) is 0 Å². The lowest BCUT2D eigenvalue weighted by Gasteiger charge is -2.24. The van der Waals surface area contributed by atoms with E-state index in [1.54, 1.807) is 0 Å². The van der Waals surface area contributed by atoms with E-state index in [1.807, 2.05) is 21.1 Å². The number of allylic oxidation sites excluding steroid dienone is 24. The number of likely N-dealkylation sites (N-methyl/N-ethyl adjacent to an activating group) is 1. The molecule has 0 amide bonds. The summed E-state index contributed by atoms with van der Waals surface area (Å²) in [4.78, 5) is 35.7. The Morgan fingerprint density at radius 3 is 1.06 bits per heavy atom. The van der Waals surface area contributed by atoms with E-state index < -0.39 is 26.5 Å². The first-order chi connectivity index (χ1) is 39.5. The highest BCUT2D eigenvalue weighted by molar-refractivity contribution is 7.47. The molecular weight excluding hydrogens is 1030 g/mol. The summed E-state index contributed by atoms with van der Waals surface area (Å²) < 4.78 is 34.6. The molecule has 0 aliphatic rings. The third kappa shape index (κ3) is 64.9. The SMILES string of the molecule is CC/C=C\C/C=C\C/C=C\C/C=C\C/C=C\C/C=C\C/C=C\C/C=C\C/C=C\C/C=C\C/C=C\CCCCCCCC(=O)OC(COC(=O)CCCCCCCCC/C=C\CCCCCCCCC)COP(=O)(O)OCC[N+](C)(C)C. The van der Waals surface area contributed by atoms with Gasteiger partial charge < -0.3 is 18.9 Å². The summed E-state index contributed by atoms with van der Waals surface area (Å²) in [5.74, 6) is -0.832. The molecule has 0 heterocycles. The van der Waals surface area contributed by atoms with Gasteiger partial charge in [0.2, 0.25) is 0 Å². The first-order valence-electron chi connectivity index (χ1n) is 32.1. The van der Waals surface area contributed by atoms with Crippen LogP contribution >= 0.6 is 7.82 Å². The maximum absolute atomic E-state index is 12.8. The lowest BCUT2D eigenvalue weighted by Crippen LogP contribution is -2.37. The lowest BCUT2D eigenvalue weighted by atomic mass is 10.1. The Bertz CT molecular complexity index is 1880. The first-order valence-corrected chi connectivity index (χ1v) is 33.6. The van der Waals surface area contributed by atoms with Crippen molar-refractivity contribution in [3.05, 3.63) is 146 Å². The summed E-state index contributed by atoms with van der Waals surface area (Å²) in [7, 11) is 1.44. The predicted octanol–water partition coefficient (Wildman–Crippen LogP) is 20.6. The highest BCUT2D eigenvalue weighted by Crippen LogP contribution is 2.43. The number of ether oxygens (including phenoxy) is 2. The molecule has 0 radical (unpaired) electrons. The van der Waals surface area contributed by atoms with E-state index in [-0.39, 0.29) is 32.0 Å². The number of hydrogen-bond acceptors (Lipinski definition) is 7. The number of hydrogen-bond donors (Lipinski definition) is 1. The quantitative estimate of drug-likeness (QED) is 0.0211. The number of unbranched alkanes of at least 4 members (excludes halogenated alkanes) is 19. The number of phosphoric ester groups is 1. The second-order valence-electron chi connectivity index (χ2n) is 22.1. The van der Waals surface area contributed by atoms with Gasteiger partial charge in [0, 0.05) is 12.8 Å². The predicted molar refractivity (Wildman–Crippen MR) is 348 cm³/mol. The molecule has 0 fully saturated rings. The average Bonchev–Trinajstić information content (AvgIpc) is 3.43. The summed E-state index contributed by atoms with van der Waals surface area (Å²) in [5.41, 5.74) is 0. The molecule has 0 saturated heterocycles. The molecule has 9 nitrogen and oxygen atoms in total. The van der Waals surface area contributed by atoms with Gasteiger partial charge in [0.05, 0.1) is 27.7 Å². The van der Waals surface area contributed by atoms with E-state index in [4.69, 9.17) is 18.5 Å². The summed E-state index contributed by atoms with van der Waals surface area (Å²) in [6.45, 7) is 4.28. The molecule has 81 heavy (non-hydrogen) atoms. The minimum absolute atomic E-state index is 0.0197. The maximum atomic E-state index is 12.8. The number of carbonyl (C=O) groups is 2. The van der Waals surface area contributed by atoms with Crippen molar-refractivity contribution in [1.82, 2.24) is 0 Å². The summed E-state index contributed by atoms with van der Waals surface area (Å²) >= 11 is 0. The molecule has 10 heteroatoms. The van der Waals surface area contributed by atoms with Crippen LogP contribution < -0.4 is 0 Å². The molecule has 0 spiro atoms. The van der Waals surface area contributed by atoms with Crippen molar-refractivity contribution in [2.75, 3.05) is 47.5 Å². The topological polar surface area (TPSA) is 108 Å². The van der Waals surface area contributed by atoms with Crippen molar-refractivity contribution in [1.29, 1.82) is 0 Å². The van der Waals surface area contributed by atoms with Gasteiger partial charge in [0.1, 0.15) is 19.8 Å². The summed E-state index contributed by atoms with van der Waals surface area (Å²) in [6.07, 6.45) is 89.3. The summed E-state index contributed by atoms with van der Waals surface area (Å²) in [5, 5.41) is 0. The molecule has 2 atom stereocenters. The highest BCUT2D eigenvalue weighted by Gasteiger charge is 2.27. The van der Waals surface area contributed by atoms with Gasteiger partial charge in [0.25, 0.3) is 0 Å². The lowest BCUT2D eigenvalue weighted by molar-refractivity contribution is -0.870. The Hall–Kier alpha value is -4.11. The van der Waals surface area contributed by atoms with Gasteiger partial charge in [-0.2, -0.15) is 0 Å². The van der Waals surface area contributed by atoms with Crippen LogP contribution in [-0.2, 0) is 32.7 Å². The molecule has 0 aliphatic heterocycles. The Labute approximate surface area is 497 Å². The third-order valence-corrected chi connectivity index (χ3v) is 14.1. The molecule has 0 aromatic rings. The fraction of sp³-hybridized carbons (Fsp3) is 0.634. The molecule has 0 aromatic heterocycles. The van der Waals surface area contributed by atoms with Crippen LogP contribution in [0.2, 0.25) is 0 Å². The maximum Gasteiger partial charge on any atom is 0.472 e. The van der Waals surface area contributed by atoms with Gasteiger partial charge in [-0.1, -0.05) is 250 Å². The normalized spacial score (nSPS) is 14.2. The van der Waals surface area contributed by atoms with E-state index in [9.17, 15) is 19.0 Å². The first kappa shape index (κ1) is 76.9. The molecular formula is C71H119NO8P+. The molecule has 0 bridgehead atoms. The number of phosphoric acid groups is 1. The van der Waals surface area contributed by atoms with Gasteiger partial charge in [0.15, 0.2) is 6.10 Å². The summed E-state index contributed by atoms with van der Waals surface area (Å²) in [6, 6.07) is 0. The molecule has 0 aromatic carbocycles. The van der Waals surface area contributed by atoms with E-state index >= 15 is 0 Å². The third-order valence-electron chi connectivity index (χ3n) is 13.1. The average molecular weight is 1150 g/mol. The van der Waals surface area contributed by atoms with Crippen LogP contribution in [0, 0.1) is 0 Å². The zero-order chi connectivity index (χ0) is 59.1. The van der Waals surface area contributed by atoms with Gasteiger partial charge in [-0.25, -0.2) is 4.57 Å². The van der Waals surface area contributed by atoms with Crippen LogP contribution in [0.5, 0.6) is 0 Å². The second-order valence-corrected chi connectivity index (χ2v) is 23.5. The largest absolute Gasteiger partial charge is 0.472 e. The van der Waals surface area contributed by atoms with Crippen molar-refractivity contribution in [3.8, 4) is 0 Å². The standard InChI is InChI=1S/C71H118NO8P/c1-6-8-10-12-14-16-18-20-22-24-26-27-28-29-30-31-32-33-34-35-36-37-38-39-40-41-42-43-44-45-46-48-50-52-54-56-58-60-62-64-71(74)80-69(68-79-81(75,76)78-66-65-72(3,4)5)67-77-70(73)63-61-59-57-55-53-51-49-47-25-23-21-19-17-15-13-11-9-7-2/h8,10,14,16,20,22-23,25-27,29-30,32-33,35-36,38-39,41-42,44-45,48,50,69H,6-7,9,11-13,15,17-19,21,24,28,31,34,37,40,43,46-47,49,51-68H2,1-5H3/p+1/b10-8-,16-14-,22-20-,25-23-,27-26-,30-29-,33-32-,36-35-,39-38-,42-41-,45-44-,50-48-. The molecule has 460 valence electrons. The minimum Gasteiger partial charge on any atom is -0.462 e. The van der Waals surface area contributed by atoms with Crippen molar-refractivity contribution < 1.29 is 42.1 Å². The monoisotopic (exact) mass is 1140 g/mol. The fourth-order valence-corrected chi connectivity index (χ4v) is 8.93. The zero-order valence-corrected chi connectivity index (χ0v) is 53.1. The molecule has 0 aliphatic carbocycles. The number of nitrogens with zero attached hydrogens (tertiary/aromatic N) is 1. The van der Waals surface area contributed by atoms with E-state index in [2.05, 4.69) is 160 Å². The number of esters is 2. The Kier molecular flexibility index (Phi) is 57.4. The van der Waals surface area contributed by atoms with Gasteiger partial charge in [-0.15, -0.1) is 0 Å².